The first-order chi connectivity index (χ1) is 7.99. The summed E-state index contributed by atoms with van der Waals surface area (Å²) in [5, 5.41) is 14.1. The van der Waals surface area contributed by atoms with Gasteiger partial charge in [-0.05, 0) is 25.3 Å². The van der Waals surface area contributed by atoms with Crippen molar-refractivity contribution >= 4 is 5.78 Å². The van der Waals surface area contributed by atoms with Gasteiger partial charge in [0.25, 0.3) is 0 Å². The van der Waals surface area contributed by atoms with E-state index in [0.29, 0.717) is 0 Å². The lowest BCUT2D eigenvalue weighted by Crippen LogP contribution is -2.28. The summed E-state index contributed by atoms with van der Waals surface area (Å²) in [5.41, 5.74) is 1.89. The zero-order chi connectivity index (χ0) is 13.0. The van der Waals surface area contributed by atoms with Crippen LogP contribution in [0.15, 0.2) is 6.07 Å². The van der Waals surface area contributed by atoms with E-state index in [1.165, 1.54) is 0 Å². The van der Waals surface area contributed by atoms with Gasteiger partial charge in [-0.1, -0.05) is 20.8 Å². The molecule has 1 N–H and O–H groups in total. The summed E-state index contributed by atoms with van der Waals surface area (Å²) < 4.78 is 1.84. The van der Waals surface area contributed by atoms with E-state index in [1.54, 1.807) is 0 Å². The summed E-state index contributed by atoms with van der Waals surface area (Å²) in [4.78, 5) is 11.8. The van der Waals surface area contributed by atoms with Crippen LogP contribution < -0.4 is 0 Å². The van der Waals surface area contributed by atoms with Crippen molar-refractivity contribution in [2.45, 2.75) is 53.2 Å². The lowest BCUT2D eigenvalue weighted by Gasteiger charge is -2.13. The molecule has 0 fully saturated rings. The second-order valence-corrected chi connectivity index (χ2v) is 4.63. The van der Waals surface area contributed by atoms with E-state index < -0.39 is 6.10 Å². The molecule has 0 aliphatic carbocycles. The van der Waals surface area contributed by atoms with Crippen molar-refractivity contribution in [3.8, 4) is 0 Å². The number of hydrogen-bond donors (Lipinski definition) is 1. The van der Waals surface area contributed by atoms with E-state index in [1.807, 2.05) is 38.4 Å². The van der Waals surface area contributed by atoms with Crippen LogP contribution in [-0.2, 0) is 24.2 Å². The van der Waals surface area contributed by atoms with Crippen LogP contribution in [-0.4, -0.2) is 26.8 Å². The number of ketones is 1. The molecule has 0 spiro atoms. The number of carbonyl (C=O) groups is 1. The van der Waals surface area contributed by atoms with Crippen LogP contribution in [0.2, 0.25) is 0 Å². The Balaban J connectivity index is 2.80. The predicted octanol–water partition coefficient (Wildman–Crippen LogP) is 1.59. The third-order valence-corrected chi connectivity index (χ3v) is 2.89. The molecular formula is C13H22N2O2. The van der Waals surface area contributed by atoms with Crippen molar-refractivity contribution in [2.24, 2.45) is 5.92 Å². The molecule has 1 aromatic rings. The highest BCUT2D eigenvalue weighted by atomic mass is 16.3. The molecule has 0 saturated carbocycles. The fraction of sp³-hybridized carbons (Fsp3) is 0.692. The Morgan fingerprint density at radius 2 is 2.12 bits per heavy atom. The molecular weight excluding hydrogens is 216 g/mol. The molecule has 1 heterocycles. The average molecular weight is 238 g/mol. The molecule has 4 heteroatoms. The summed E-state index contributed by atoms with van der Waals surface area (Å²) in [6.07, 6.45) is 0.251. The molecule has 0 bridgehead atoms. The van der Waals surface area contributed by atoms with E-state index in [0.717, 1.165) is 24.4 Å². The normalized spacial score (nSPS) is 13.1. The van der Waals surface area contributed by atoms with Crippen molar-refractivity contribution in [2.75, 3.05) is 0 Å². The van der Waals surface area contributed by atoms with E-state index in [-0.39, 0.29) is 18.1 Å². The van der Waals surface area contributed by atoms with Crippen LogP contribution in [0.3, 0.4) is 0 Å². The molecule has 0 aliphatic rings. The minimum Gasteiger partial charge on any atom is -0.385 e. The van der Waals surface area contributed by atoms with Gasteiger partial charge in [-0.25, -0.2) is 0 Å². The van der Waals surface area contributed by atoms with Gasteiger partial charge in [0.15, 0.2) is 5.78 Å². The van der Waals surface area contributed by atoms with E-state index in [2.05, 4.69) is 5.10 Å². The van der Waals surface area contributed by atoms with Crippen LogP contribution in [0.1, 0.15) is 39.1 Å². The quantitative estimate of drug-likeness (QED) is 0.819. The highest BCUT2D eigenvalue weighted by molar-refractivity contribution is 5.84. The van der Waals surface area contributed by atoms with Crippen molar-refractivity contribution in [1.82, 2.24) is 9.78 Å². The Kier molecular flexibility index (Phi) is 4.87. The second kappa shape index (κ2) is 5.96. The molecule has 1 aromatic heterocycles. The van der Waals surface area contributed by atoms with Gasteiger partial charge in [-0.2, -0.15) is 5.10 Å². The zero-order valence-electron chi connectivity index (χ0n) is 11.1. The maximum Gasteiger partial charge on any atom is 0.167 e. The average Bonchev–Trinajstić information content (AvgIpc) is 2.70. The molecule has 1 unspecified atom stereocenters. The second-order valence-electron chi connectivity index (χ2n) is 4.63. The number of nitrogens with zero attached hydrogens (tertiary/aromatic N) is 2. The van der Waals surface area contributed by atoms with Crippen LogP contribution in [0.25, 0.3) is 0 Å². The first-order valence-corrected chi connectivity index (χ1v) is 6.25. The van der Waals surface area contributed by atoms with Crippen LogP contribution in [0.5, 0.6) is 0 Å². The number of aliphatic hydroxyl groups excluding tert-OH is 1. The van der Waals surface area contributed by atoms with Gasteiger partial charge in [0.05, 0.1) is 12.1 Å². The Hall–Kier alpha value is -1.16. The lowest BCUT2D eigenvalue weighted by molar-refractivity contribution is -0.128. The van der Waals surface area contributed by atoms with Crippen molar-refractivity contribution in [1.29, 1.82) is 0 Å². The predicted molar refractivity (Wildman–Crippen MR) is 66.8 cm³/mol. The molecule has 0 saturated heterocycles. The van der Waals surface area contributed by atoms with Crippen molar-refractivity contribution < 1.29 is 9.90 Å². The molecule has 0 radical (unpaired) electrons. The number of aromatic nitrogens is 2. The number of aryl methyl sites for hydroxylation is 2. The molecule has 96 valence electrons. The number of carbonyl (C=O) groups excluding carboxylic acids is 1. The molecule has 0 amide bonds. The standard InChI is InChI=1S/C13H22N2O2/c1-5-10-7-11(15(6-2)14-10)8-12(16)13(17)9(3)4/h7,9,13,17H,5-6,8H2,1-4H3. The maximum atomic E-state index is 11.8. The van der Waals surface area contributed by atoms with Gasteiger partial charge >= 0.3 is 0 Å². The monoisotopic (exact) mass is 238 g/mol. The number of rotatable bonds is 6. The fourth-order valence-corrected chi connectivity index (χ4v) is 1.76. The highest BCUT2D eigenvalue weighted by Crippen LogP contribution is 2.10. The molecule has 1 rings (SSSR count). The van der Waals surface area contributed by atoms with Crippen LogP contribution in [0.4, 0.5) is 0 Å². The topological polar surface area (TPSA) is 55.1 Å². The van der Waals surface area contributed by atoms with Crippen LogP contribution in [0, 0.1) is 5.92 Å². The Morgan fingerprint density at radius 3 is 2.59 bits per heavy atom. The fourth-order valence-electron chi connectivity index (χ4n) is 1.76. The third-order valence-electron chi connectivity index (χ3n) is 2.89. The summed E-state index contributed by atoms with van der Waals surface area (Å²) >= 11 is 0. The van der Waals surface area contributed by atoms with E-state index in [4.69, 9.17) is 0 Å². The maximum absolute atomic E-state index is 11.8. The van der Waals surface area contributed by atoms with Crippen molar-refractivity contribution in [3.63, 3.8) is 0 Å². The number of Topliss-reactive ketones (excluding diaryl/α,β-unsaturated/α-hetero) is 1. The van der Waals surface area contributed by atoms with Gasteiger partial charge in [0.2, 0.25) is 0 Å². The summed E-state index contributed by atoms with van der Waals surface area (Å²) in [6, 6.07) is 1.95. The molecule has 0 aromatic carbocycles. The minimum atomic E-state index is -0.875. The lowest BCUT2D eigenvalue weighted by atomic mass is 10.00. The first kappa shape index (κ1) is 13.9. The molecule has 4 nitrogen and oxygen atoms in total. The molecule has 0 aliphatic heterocycles. The van der Waals surface area contributed by atoms with Gasteiger partial charge in [-0.15, -0.1) is 0 Å². The molecule has 17 heavy (non-hydrogen) atoms. The highest BCUT2D eigenvalue weighted by Gasteiger charge is 2.20. The smallest absolute Gasteiger partial charge is 0.167 e. The SMILES string of the molecule is CCc1cc(CC(=O)C(O)C(C)C)n(CC)n1. The minimum absolute atomic E-state index is 0.0360. The number of aliphatic hydroxyl groups is 1. The van der Waals surface area contributed by atoms with Gasteiger partial charge < -0.3 is 5.11 Å². The Bertz CT molecular complexity index is 383. The number of hydrogen-bond acceptors (Lipinski definition) is 3. The van der Waals surface area contributed by atoms with E-state index >= 15 is 0 Å². The van der Waals surface area contributed by atoms with Gasteiger partial charge in [0, 0.05) is 12.2 Å². The summed E-state index contributed by atoms with van der Waals surface area (Å²) in [5.74, 6) is -0.164. The largest absolute Gasteiger partial charge is 0.385 e. The Labute approximate surface area is 103 Å². The Morgan fingerprint density at radius 1 is 1.47 bits per heavy atom. The van der Waals surface area contributed by atoms with E-state index in [9.17, 15) is 9.90 Å². The first-order valence-electron chi connectivity index (χ1n) is 6.25. The van der Waals surface area contributed by atoms with Gasteiger partial charge in [-0.3, -0.25) is 9.48 Å². The zero-order valence-corrected chi connectivity index (χ0v) is 11.1. The third kappa shape index (κ3) is 3.40. The summed E-state index contributed by atoms with van der Waals surface area (Å²) in [7, 11) is 0. The van der Waals surface area contributed by atoms with Crippen molar-refractivity contribution in [3.05, 3.63) is 17.5 Å². The van der Waals surface area contributed by atoms with Gasteiger partial charge in [0.1, 0.15) is 6.10 Å². The summed E-state index contributed by atoms with van der Waals surface area (Å²) in [6.45, 7) is 8.48. The molecule has 1 atom stereocenters. The van der Waals surface area contributed by atoms with Crippen LogP contribution >= 0.6 is 0 Å².